The SMILES string of the molecule is CCOC(=O)[C@H](N)[C@@]1(N2CCCC2)C[C@@H]2CC[C@@]1(C)C2(C)C. The van der Waals surface area contributed by atoms with Crippen LogP contribution in [0.15, 0.2) is 0 Å². The van der Waals surface area contributed by atoms with Crippen molar-refractivity contribution < 1.29 is 9.53 Å². The second kappa shape index (κ2) is 5.20. The normalized spacial score (nSPS) is 41.8. The molecule has 0 aromatic heterocycles. The van der Waals surface area contributed by atoms with E-state index >= 15 is 0 Å². The number of fused-ring (bicyclic) bond motifs is 2. The van der Waals surface area contributed by atoms with Crippen LogP contribution in [0.2, 0.25) is 0 Å². The van der Waals surface area contributed by atoms with Gasteiger partial charge in [-0.3, -0.25) is 9.69 Å². The van der Waals surface area contributed by atoms with Crippen LogP contribution in [0.5, 0.6) is 0 Å². The lowest BCUT2D eigenvalue weighted by Crippen LogP contribution is -2.69. The highest BCUT2D eigenvalue weighted by molar-refractivity contribution is 5.78. The molecule has 0 spiro atoms. The standard InChI is InChI=1S/C18H32N2O2/c1-5-22-15(21)14(19)18(20-10-6-7-11-20)12-13-8-9-17(18,4)16(13,2)3/h13-14H,5-12,19H2,1-4H3/t13-,14-,17-,18-/m0/s1. The maximum atomic E-state index is 12.5. The molecule has 22 heavy (non-hydrogen) atoms. The van der Waals surface area contributed by atoms with Gasteiger partial charge in [0.2, 0.25) is 0 Å². The summed E-state index contributed by atoms with van der Waals surface area (Å²) >= 11 is 0. The number of rotatable bonds is 4. The zero-order chi connectivity index (χ0) is 16.2. The van der Waals surface area contributed by atoms with Gasteiger partial charge in [-0.05, 0) is 68.9 Å². The summed E-state index contributed by atoms with van der Waals surface area (Å²) in [7, 11) is 0. The molecule has 3 rings (SSSR count). The van der Waals surface area contributed by atoms with Gasteiger partial charge in [0.05, 0.1) is 12.1 Å². The fraction of sp³-hybridized carbons (Fsp3) is 0.944. The fourth-order valence-corrected chi connectivity index (χ4v) is 6.02. The predicted octanol–water partition coefficient (Wildman–Crippen LogP) is 2.56. The number of nitrogens with two attached hydrogens (primary N) is 1. The van der Waals surface area contributed by atoms with Gasteiger partial charge >= 0.3 is 5.97 Å². The molecule has 126 valence electrons. The number of carbonyl (C=O) groups excluding carboxylic acids is 1. The fourth-order valence-electron chi connectivity index (χ4n) is 6.02. The quantitative estimate of drug-likeness (QED) is 0.811. The van der Waals surface area contributed by atoms with Gasteiger partial charge in [-0.25, -0.2) is 0 Å². The molecule has 3 fully saturated rings. The molecule has 3 aliphatic rings. The molecule has 4 atom stereocenters. The van der Waals surface area contributed by atoms with Gasteiger partial charge in [-0.2, -0.15) is 0 Å². The zero-order valence-corrected chi connectivity index (χ0v) is 14.7. The largest absolute Gasteiger partial charge is 0.465 e. The van der Waals surface area contributed by atoms with Crippen molar-refractivity contribution in [2.75, 3.05) is 19.7 Å². The molecule has 0 unspecified atom stereocenters. The maximum Gasteiger partial charge on any atom is 0.324 e. The van der Waals surface area contributed by atoms with Gasteiger partial charge in [0.25, 0.3) is 0 Å². The highest BCUT2D eigenvalue weighted by Gasteiger charge is 2.73. The Bertz CT molecular complexity index is 458. The molecule has 2 N–H and O–H groups in total. The Morgan fingerprint density at radius 1 is 1.32 bits per heavy atom. The van der Waals surface area contributed by atoms with Crippen LogP contribution in [0.1, 0.15) is 59.8 Å². The number of nitrogens with zero attached hydrogens (tertiary/aromatic N) is 1. The van der Waals surface area contributed by atoms with Crippen LogP contribution in [0.25, 0.3) is 0 Å². The van der Waals surface area contributed by atoms with Gasteiger partial charge in [0.1, 0.15) is 6.04 Å². The molecule has 0 aromatic rings. The Morgan fingerprint density at radius 3 is 2.41 bits per heavy atom. The minimum absolute atomic E-state index is 0.0845. The Labute approximate surface area is 134 Å². The van der Waals surface area contributed by atoms with Crippen LogP contribution >= 0.6 is 0 Å². The smallest absolute Gasteiger partial charge is 0.324 e. The van der Waals surface area contributed by atoms with Crippen molar-refractivity contribution in [1.82, 2.24) is 4.90 Å². The first-order valence-corrected chi connectivity index (χ1v) is 8.98. The summed E-state index contributed by atoms with van der Waals surface area (Å²) in [6.07, 6.45) is 5.94. The van der Waals surface area contributed by atoms with E-state index in [9.17, 15) is 4.79 Å². The second-order valence-electron chi connectivity index (χ2n) is 8.34. The van der Waals surface area contributed by atoms with Crippen molar-refractivity contribution in [1.29, 1.82) is 0 Å². The second-order valence-corrected chi connectivity index (χ2v) is 8.34. The van der Waals surface area contributed by atoms with E-state index in [0.29, 0.717) is 12.5 Å². The van der Waals surface area contributed by atoms with Crippen LogP contribution in [0.3, 0.4) is 0 Å². The third kappa shape index (κ3) is 1.80. The van der Waals surface area contributed by atoms with Crippen molar-refractivity contribution >= 4 is 5.97 Å². The van der Waals surface area contributed by atoms with Crippen molar-refractivity contribution in [3.05, 3.63) is 0 Å². The molecule has 0 radical (unpaired) electrons. The van der Waals surface area contributed by atoms with E-state index in [4.69, 9.17) is 10.5 Å². The molecule has 0 aromatic carbocycles. The van der Waals surface area contributed by atoms with Crippen molar-refractivity contribution in [2.24, 2.45) is 22.5 Å². The first kappa shape index (κ1) is 16.3. The van der Waals surface area contributed by atoms with E-state index in [0.717, 1.165) is 19.5 Å². The monoisotopic (exact) mass is 308 g/mol. The van der Waals surface area contributed by atoms with Gasteiger partial charge < -0.3 is 10.5 Å². The summed E-state index contributed by atoms with van der Waals surface area (Å²) in [6.45, 7) is 11.6. The molecule has 1 heterocycles. The summed E-state index contributed by atoms with van der Waals surface area (Å²) in [6, 6.07) is -0.528. The molecular formula is C18H32N2O2. The van der Waals surface area contributed by atoms with Gasteiger partial charge in [-0.15, -0.1) is 0 Å². The Morgan fingerprint density at radius 2 is 1.95 bits per heavy atom. The minimum Gasteiger partial charge on any atom is -0.465 e. The lowest BCUT2D eigenvalue weighted by atomic mass is 9.59. The topological polar surface area (TPSA) is 55.6 Å². The van der Waals surface area contributed by atoms with Gasteiger partial charge in [0, 0.05) is 0 Å². The summed E-state index contributed by atoms with van der Waals surface area (Å²) in [5.41, 5.74) is 6.70. The molecule has 4 nitrogen and oxygen atoms in total. The first-order valence-electron chi connectivity index (χ1n) is 8.98. The van der Waals surface area contributed by atoms with E-state index in [1.807, 2.05) is 6.92 Å². The summed E-state index contributed by atoms with van der Waals surface area (Å²) in [5, 5.41) is 0. The lowest BCUT2D eigenvalue weighted by Gasteiger charge is -2.55. The Hall–Kier alpha value is -0.610. The highest BCUT2D eigenvalue weighted by Crippen LogP contribution is 2.72. The van der Waals surface area contributed by atoms with Crippen molar-refractivity contribution in [3.8, 4) is 0 Å². The Kier molecular flexibility index (Phi) is 3.84. The van der Waals surface area contributed by atoms with Gasteiger partial charge in [-0.1, -0.05) is 20.8 Å². The number of likely N-dealkylation sites (tertiary alicyclic amines) is 1. The molecular weight excluding hydrogens is 276 g/mol. The molecule has 0 amide bonds. The maximum absolute atomic E-state index is 12.5. The lowest BCUT2D eigenvalue weighted by molar-refractivity contribution is -0.154. The number of hydrogen-bond donors (Lipinski definition) is 1. The molecule has 1 saturated heterocycles. The van der Waals surface area contributed by atoms with Crippen LogP contribution in [-0.2, 0) is 9.53 Å². The number of carbonyl (C=O) groups is 1. The van der Waals surface area contributed by atoms with Gasteiger partial charge in [0.15, 0.2) is 0 Å². The van der Waals surface area contributed by atoms with E-state index < -0.39 is 6.04 Å². The van der Waals surface area contributed by atoms with E-state index in [2.05, 4.69) is 25.7 Å². The summed E-state index contributed by atoms with van der Waals surface area (Å²) in [5.74, 6) is 0.456. The number of hydrogen-bond acceptors (Lipinski definition) is 4. The molecule has 1 aliphatic heterocycles. The van der Waals surface area contributed by atoms with Crippen LogP contribution in [0.4, 0.5) is 0 Å². The first-order chi connectivity index (χ1) is 10.3. The third-order valence-corrected chi connectivity index (χ3v) is 7.67. The van der Waals surface area contributed by atoms with E-state index in [1.165, 1.54) is 25.7 Å². The van der Waals surface area contributed by atoms with E-state index in [-0.39, 0.29) is 22.3 Å². The molecule has 2 bridgehead atoms. The minimum atomic E-state index is -0.528. The summed E-state index contributed by atoms with van der Waals surface area (Å²) < 4.78 is 5.33. The average molecular weight is 308 g/mol. The molecule has 2 aliphatic carbocycles. The average Bonchev–Trinajstić information content (AvgIpc) is 3.11. The third-order valence-electron chi connectivity index (χ3n) is 7.67. The zero-order valence-electron chi connectivity index (χ0n) is 14.7. The van der Waals surface area contributed by atoms with Crippen molar-refractivity contribution in [3.63, 3.8) is 0 Å². The Balaban J connectivity index is 2.04. The van der Waals surface area contributed by atoms with Crippen LogP contribution < -0.4 is 5.73 Å². The van der Waals surface area contributed by atoms with Crippen LogP contribution in [0, 0.1) is 16.7 Å². The number of ether oxygens (including phenoxy) is 1. The summed E-state index contributed by atoms with van der Waals surface area (Å²) in [4.78, 5) is 15.1. The van der Waals surface area contributed by atoms with E-state index in [1.54, 1.807) is 0 Å². The molecule has 2 saturated carbocycles. The molecule has 4 heteroatoms. The number of esters is 1. The van der Waals surface area contributed by atoms with Crippen molar-refractivity contribution in [2.45, 2.75) is 71.4 Å². The van der Waals surface area contributed by atoms with Crippen LogP contribution in [-0.4, -0.2) is 42.1 Å². The highest BCUT2D eigenvalue weighted by atomic mass is 16.5. The predicted molar refractivity (Wildman–Crippen MR) is 87.4 cm³/mol.